The number of esters is 1. The van der Waals surface area contributed by atoms with Gasteiger partial charge in [0.1, 0.15) is 6.10 Å². The fourth-order valence-corrected chi connectivity index (χ4v) is 1.76. The summed E-state index contributed by atoms with van der Waals surface area (Å²) in [4.78, 5) is 11.6. The Balaban J connectivity index is 1.95. The molecule has 2 rings (SSSR count). The second kappa shape index (κ2) is 6.62. The predicted octanol–water partition coefficient (Wildman–Crippen LogP) is 2.66. The molecule has 1 aromatic carbocycles. The number of hydrogen-bond donors (Lipinski definition) is 0. The average Bonchev–Trinajstić information content (AvgIpc) is 2.92. The zero-order valence-electron chi connectivity index (χ0n) is 11.2. The van der Waals surface area contributed by atoms with E-state index in [4.69, 9.17) is 19.5 Å². The first kappa shape index (κ1) is 13.9. The summed E-state index contributed by atoms with van der Waals surface area (Å²) in [5.74, 6) is 0.908. The van der Waals surface area contributed by atoms with Crippen molar-refractivity contribution in [2.75, 3.05) is 6.79 Å². The van der Waals surface area contributed by atoms with Gasteiger partial charge in [0.2, 0.25) is 6.79 Å². The van der Waals surface area contributed by atoms with Gasteiger partial charge in [-0.05, 0) is 30.2 Å². The number of carbonyl (C=O) groups excluding carboxylic acids is 1. The first-order valence-electron chi connectivity index (χ1n) is 6.38. The quantitative estimate of drug-likeness (QED) is 0.609. The number of ether oxygens (including phenoxy) is 3. The SMILES string of the molecule is CCC(CC#N)OC(=O)C=Cc1ccc2c(c1)OCO2. The zero-order valence-corrected chi connectivity index (χ0v) is 11.2. The summed E-state index contributed by atoms with van der Waals surface area (Å²) in [6.45, 7) is 2.09. The van der Waals surface area contributed by atoms with Crippen LogP contribution in [0.25, 0.3) is 6.08 Å². The number of fused-ring (bicyclic) bond motifs is 1. The van der Waals surface area contributed by atoms with Gasteiger partial charge in [0, 0.05) is 6.08 Å². The highest BCUT2D eigenvalue weighted by Crippen LogP contribution is 2.32. The molecule has 0 aliphatic carbocycles. The average molecular weight is 273 g/mol. The molecule has 0 aromatic heterocycles. The van der Waals surface area contributed by atoms with Crippen LogP contribution in [-0.4, -0.2) is 18.9 Å². The Morgan fingerprint density at radius 2 is 2.30 bits per heavy atom. The molecule has 0 N–H and O–H groups in total. The Morgan fingerprint density at radius 1 is 1.50 bits per heavy atom. The highest BCUT2D eigenvalue weighted by Gasteiger charge is 2.13. The van der Waals surface area contributed by atoms with Crippen molar-refractivity contribution in [3.8, 4) is 17.6 Å². The van der Waals surface area contributed by atoms with E-state index in [9.17, 15) is 4.79 Å². The minimum atomic E-state index is -0.454. The van der Waals surface area contributed by atoms with Gasteiger partial charge < -0.3 is 14.2 Å². The lowest BCUT2D eigenvalue weighted by Gasteiger charge is -2.10. The topological polar surface area (TPSA) is 68.5 Å². The van der Waals surface area contributed by atoms with Crippen LogP contribution in [0.5, 0.6) is 11.5 Å². The Morgan fingerprint density at radius 3 is 3.05 bits per heavy atom. The smallest absolute Gasteiger partial charge is 0.331 e. The molecular formula is C15H15NO4. The number of nitrogens with zero attached hydrogens (tertiary/aromatic N) is 1. The van der Waals surface area contributed by atoms with Crippen LogP contribution < -0.4 is 9.47 Å². The molecule has 0 spiro atoms. The Kier molecular flexibility index (Phi) is 4.61. The third-order valence-electron chi connectivity index (χ3n) is 2.87. The zero-order chi connectivity index (χ0) is 14.4. The summed E-state index contributed by atoms with van der Waals surface area (Å²) in [6, 6.07) is 7.40. The summed E-state index contributed by atoms with van der Waals surface area (Å²) in [6.07, 6.45) is 3.46. The molecular weight excluding hydrogens is 258 g/mol. The van der Waals surface area contributed by atoms with E-state index in [1.165, 1.54) is 6.08 Å². The Bertz CT molecular complexity index is 559. The van der Waals surface area contributed by atoms with Crippen molar-refractivity contribution in [1.82, 2.24) is 0 Å². The first-order valence-corrected chi connectivity index (χ1v) is 6.38. The van der Waals surface area contributed by atoms with Crippen LogP contribution in [0.4, 0.5) is 0 Å². The van der Waals surface area contributed by atoms with Gasteiger partial charge in [-0.25, -0.2) is 4.79 Å². The van der Waals surface area contributed by atoms with Gasteiger partial charge in [-0.1, -0.05) is 13.0 Å². The van der Waals surface area contributed by atoms with Gasteiger partial charge in [0.25, 0.3) is 0 Å². The number of hydrogen-bond acceptors (Lipinski definition) is 5. The summed E-state index contributed by atoms with van der Waals surface area (Å²) < 4.78 is 15.6. The van der Waals surface area contributed by atoms with Crippen molar-refractivity contribution in [3.63, 3.8) is 0 Å². The van der Waals surface area contributed by atoms with Gasteiger partial charge in [0.15, 0.2) is 11.5 Å². The molecule has 1 aliphatic rings. The summed E-state index contributed by atoms with van der Waals surface area (Å²) >= 11 is 0. The van der Waals surface area contributed by atoms with Crippen LogP contribution >= 0.6 is 0 Å². The van der Waals surface area contributed by atoms with Gasteiger partial charge in [-0.3, -0.25) is 0 Å². The van der Waals surface area contributed by atoms with Crippen LogP contribution in [0.2, 0.25) is 0 Å². The molecule has 1 aliphatic heterocycles. The minimum Gasteiger partial charge on any atom is -0.458 e. The maximum absolute atomic E-state index is 11.6. The number of nitriles is 1. The Hall–Kier alpha value is -2.48. The van der Waals surface area contributed by atoms with Crippen LogP contribution in [0, 0.1) is 11.3 Å². The summed E-state index contributed by atoms with van der Waals surface area (Å²) in [5.41, 5.74) is 0.819. The second-order valence-corrected chi connectivity index (χ2v) is 4.28. The lowest BCUT2D eigenvalue weighted by molar-refractivity contribution is -0.142. The summed E-state index contributed by atoms with van der Waals surface area (Å²) in [5, 5.41) is 8.59. The molecule has 1 heterocycles. The number of rotatable bonds is 5. The third kappa shape index (κ3) is 3.51. The van der Waals surface area contributed by atoms with Crippen LogP contribution in [0.3, 0.4) is 0 Å². The van der Waals surface area contributed by atoms with Crippen molar-refractivity contribution in [3.05, 3.63) is 29.8 Å². The highest BCUT2D eigenvalue weighted by molar-refractivity contribution is 5.87. The molecule has 1 aromatic rings. The lowest BCUT2D eigenvalue weighted by Crippen LogP contribution is -2.15. The molecule has 20 heavy (non-hydrogen) atoms. The van der Waals surface area contributed by atoms with Gasteiger partial charge in [-0.15, -0.1) is 0 Å². The van der Waals surface area contributed by atoms with Crippen LogP contribution in [0.1, 0.15) is 25.3 Å². The van der Waals surface area contributed by atoms with E-state index >= 15 is 0 Å². The van der Waals surface area contributed by atoms with Gasteiger partial charge >= 0.3 is 5.97 Å². The Labute approximate surface area is 117 Å². The third-order valence-corrected chi connectivity index (χ3v) is 2.87. The molecule has 1 unspecified atom stereocenters. The van der Waals surface area contributed by atoms with Crippen molar-refractivity contribution >= 4 is 12.0 Å². The highest BCUT2D eigenvalue weighted by atomic mass is 16.7. The van der Waals surface area contributed by atoms with Crippen LogP contribution in [-0.2, 0) is 9.53 Å². The monoisotopic (exact) mass is 273 g/mol. The normalized spacial score (nSPS) is 14.0. The van der Waals surface area contributed by atoms with Crippen LogP contribution in [0.15, 0.2) is 24.3 Å². The van der Waals surface area contributed by atoms with Crippen molar-refractivity contribution in [1.29, 1.82) is 5.26 Å². The molecule has 0 amide bonds. The van der Waals surface area contributed by atoms with E-state index < -0.39 is 5.97 Å². The minimum absolute atomic E-state index is 0.208. The van der Waals surface area contributed by atoms with Crippen molar-refractivity contribution < 1.29 is 19.0 Å². The van der Waals surface area contributed by atoms with Gasteiger partial charge in [0.05, 0.1) is 12.5 Å². The standard InChI is InChI=1S/C15H15NO4/c1-2-12(7-8-16)20-15(17)6-4-11-3-5-13-14(9-11)19-10-18-13/h3-6,9,12H,2,7,10H2,1H3. The fourth-order valence-electron chi connectivity index (χ4n) is 1.76. The predicted molar refractivity (Wildman–Crippen MR) is 72.0 cm³/mol. The van der Waals surface area contributed by atoms with E-state index in [0.717, 1.165) is 5.56 Å². The molecule has 5 nitrogen and oxygen atoms in total. The fraction of sp³-hybridized carbons (Fsp3) is 0.333. The molecule has 0 saturated carbocycles. The first-order chi connectivity index (χ1) is 9.72. The largest absolute Gasteiger partial charge is 0.458 e. The number of carbonyl (C=O) groups is 1. The molecule has 5 heteroatoms. The molecule has 1 atom stereocenters. The van der Waals surface area contributed by atoms with Crippen molar-refractivity contribution in [2.45, 2.75) is 25.9 Å². The lowest BCUT2D eigenvalue weighted by atomic mass is 10.2. The molecule has 0 fully saturated rings. The van der Waals surface area contributed by atoms with E-state index in [2.05, 4.69) is 0 Å². The molecule has 0 radical (unpaired) electrons. The number of benzene rings is 1. The van der Waals surface area contributed by atoms with E-state index in [1.807, 2.05) is 19.1 Å². The van der Waals surface area contributed by atoms with E-state index in [1.54, 1.807) is 18.2 Å². The second-order valence-electron chi connectivity index (χ2n) is 4.28. The maximum atomic E-state index is 11.6. The molecule has 0 saturated heterocycles. The molecule has 0 bridgehead atoms. The molecule has 104 valence electrons. The van der Waals surface area contributed by atoms with E-state index in [0.29, 0.717) is 17.9 Å². The van der Waals surface area contributed by atoms with E-state index in [-0.39, 0.29) is 19.3 Å². The summed E-state index contributed by atoms with van der Waals surface area (Å²) in [7, 11) is 0. The maximum Gasteiger partial charge on any atom is 0.331 e. The van der Waals surface area contributed by atoms with Crippen molar-refractivity contribution in [2.24, 2.45) is 0 Å². The van der Waals surface area contributed by atoms with Gasteiger partial charge in [-0.2, -0.15) is 5.26 Å².